The van der Waals surface area contributed by atoms with Crippen molar-refractivity contribution in [2.75, 3.05) is 0 Å². The van der Waals surface area contributed by atoms with Gasteiger partial charge in [0.2, 0.25) is 0 Å². The number of hydrogen-bond donors (Lipinski definition) is 0. The van der Waals surface area contributed by atoms with E-state index in [0.717, 1.165) is 11.3 Å². The van der Waals surface area contributed by atoms with E-state index >= 15 is 0 Å². The number of hydrogen-bond acceptors (Lipinski definition) is 5. The van der Waals surface area contributed by atoms with Gasteiger partial charge in [0.25, 0.3) is 5.89 Å². The molecular weight excluding hydrogens is 287 g/mol. The molecule has 0 spiro atoms. The van der Waals surface area contributed by atoms with Crippen molar-refractivity contribution in [2.24, 2.45) is 0 Å². The Morgan fingerprint density at radius 1 is 1.27 bits per heavy atom. The number of nitrogens with zero attached hydrogens (tertiary/aromatic N) is 4. The Hall–Kier alpha value is -2.54. The molecule has 6 nitrogen and oxygen atoms in total. The molecule has 1 atom stereocenters. The minimum Gasteiger partial charge on any atom is -0.365 e. The maximum Gasteiger partial charge on any atom is 0.278 e. The minimum absolute atomic E-state index is 0.148. The molecule has 3 heterocycles. The topological polar surface area (TPSA) is 66.0 Å². The van der Waals surface area contributed by atoms with Gasteiger partial charge in [0, 0.05) is 0 Å². The van der Waals surface area contributed by atoms with Gasteiger partial charge < -0.3 is 9.26 Å². The van der Waals surface area contributed by atoms with Gasteiger partial charge in [-0.1, -0.05) is 17.3 Å². The molecule has 1 unspecified atom stereocenters. The third-order valence-corrected chi connectivity index (χ3v) is 3.62. The number of benzene rings is 1. The monoisotopic (exact) mass is 300 g/mol. The lowest BCUT2D eigenvalue weighted by molar-refractivity contribution is -0.00116. The molecular formula is C15H13FN4O2. The lowest BCUT2D eigenvalue weighted by Gasteiger charge is -2.24. The van der Waals surface area contributed by atoms with E-state index in [0.29, 0.717) is 30.6 Å². The zero-order valence-corrected chi connectivity index (χ0v) is 11.9. The maximum atomic E-state index is 13.0. The Morgan fingerprint density at radius 2 is 2.09 bits per heavy atom. The van der Waals surface area contributed by atoms with Crippen LogP contribution in [0.3, 0.4) is 0 Å². The van der Waals surface area contributed by atoms with E-state index in [1.807, 2.05) is 10.7 Å². The first kappa shape index (κ1) is 13.1. The van der Waals surface area contributed by atoms with Gasteiger partial charge in [-0.25, -0.2) is 4.39 Å². The van der Waals surface area contributed by atoms with Crippen LogP contribution < -0.4 is 0 Å². The van der Waals surface area contributed by atoms with Crippen LogP contribution in [0.25, 0.3) is 11.6 Å². The molecule has 0 saturated carbocycles. The van der Waals surface area contributed by atoms with Crippen molar-refractivity contribution in [3.8, 4) is 11.6 Å². The van der Waals surface area contributed by atoms with Crippen molar-refractivity contribution < 1.29 is 13.7 Å². The van der Waals surface area contributed by atoms with Gasteiger partial charge in [0.15, 0.2) is 11.5 Å². The van der Waals surface area contributed by atoms with Crippen molar-refractivity contribution in [2.45, 2.75) is 26.2 Å². The molecule has 0 saturated heterocycles. The van der Waals surface area contributed by atoms with E-state index in [-0.39, 0.29) is 11.9 Å². The number of aromatic nitrogens is 4. The first-order chi connectivity index (χ1) is 10.7. The number of ether oxygens (including phenoxy) is 1. The van der Waals surface area contributed by atoms with Gasteiger partial charge in [0.1, 0.15) is 11.9 Å². The number of aryl methyl sites for hydroxylation is 1. The highest BCUT2D eigenvalue weighted by molar-refractivity contribution is 5.47. The largest absolute Gasteiger partial charge is 0.365 e. The van der Waals surface area contributed by atoms with E-state index in [2.05, 4.69) is 15.2 Å². The Balaban J connectivity index is 1.61. The van der Waals surface area contributed by atoms with Gasteiger partial charge in [-0.3, -0.25) is 4.68 Å². The molecule has 0 radical (unpaired) electrons. The van der Waals surface area contributed by atoms with Crippen LogP contribution in [0.1, 0.15) is 23.2 Å². The summed E-state index contributed by atoms with van der Waals surface area (Å²) in [5, 5.41) is 8.26. The van der Waals surface area contributed by atoms with Gasteiger partial charge in [-0.2, -0.15) is 10.1 Å². The summed E-state index contributed by atoms with van der Waals surface area (Å²) in [6.45, 7) is 2.76. The Kier molecular flexibility index (Phi) is 3.00. The van der Waals surface area contributed by atoms with Crippen LogP contribution >= 0.6 is 0 Å². The van der Waals surface area contributed by atoms with E-state index in [1.165, 1.54) is 12.1 Å². The first-order valence-electron chi connectivity index (χ1n) is 6.93. The van der Waals surface area contributed by atoms with E-state index < -0.39 is 0 Å². The minimum atomic E-state index is -0.256. The average molecular weight is 300 g/mol. The molecule has 0 N–H and O–H groups in total. The number of fused-ring (bicyclic) bond motifs is 1. The third kappa shape index (κ3) is 2.29. The highest BCUT2D eigenvalue weighted by Gasteiger charge is 2.24. The number of rotatable bonds is 2. The molecule has 1 aliphatic heterocycles. The fraction of sp³-hybridized carbons (Fsp3) is 0.267. The molecule has 3 aromatic rings. The molecule has 4 rings (SSSR count). The lowest BCUT2D eigenvalue weighted by atomic mass is 10.1. The van der Waals surface area contributed by atoms with Gasteiger partial charge in [-0.15, -0.1) is 0 Å². The normalized spacial score (nSPS) is 17.5. The van der Waals surface area contributed by atoms with Gasteiger partial charge >= 0.3 is 0 Å². The van der Waals surface area contributed by atoms with Gasteiger partial charge in [0.05, 0.1) is 18.8 Å². The molecule has 112 valence electrons. The molecule has 2 aromatic heterocycles. The predicted molar refractivity (Wildman–Crippen MR) is 74.2 cm³/mol. The van der Waals surface area contributed by atoms with Crippen LogP contribution in [0.15, 0.2) is 34.9 Å². The summed E-state index contributed by atoms with van der Waals surface area (Å²) >= 11 is 0. The molecule has 0 aliphatic carbocycles. The average Bonchev–Trinajstić information content (AvgIpc) is 3.13. The summed E-state index contributed by atoms with van der Waals surface area (Å²) in [4.78, 5) is 4.18. The first-order valence-corrected chi connectivity index (χ1v) is 6.93. The second-order valence-corrected chi connectivity index (χ2v) is 5.20. The zero-order valence-electron chi connectivity index (χ0n) is 11.9. The second kappa shape index (κ2) is 5.03. The molecule has 1 aromatic carbocycles. The van der Waals surface area contributed by atoms with Crippen LogP contribution in [-0.4, -0.2) is 19.9 Å². The van der Waals surface area contributed by atoms with Gasteiger partial charge in [-0.05, 0) is 30.7 Å². The summed E-state index contributed by atoms with van der Waals surface area (Å²) in [7, 11) is 0. The van der Waals surface area contributed by atoms with E-state index in [1.54, 1.807) is 19.1 Å². The fourth-order valence-corrected chi connectivity index (χ4v) is 2.51. The van der Waals surface area contributed by atoms with Crippen LogP contribution in [0, 0.1) is 12.7 Å². The summed E-state index contributed by atoms with van der Waals surface area (Å²) in [5.41, 5.74) is 2.51. The van der Waals surface area contributed by atoms with Crippen molar-refractivity contribution >= 4 is 0 Å². The molecule has 0 bridgehead atoms. The fourth-order valence-electron chi connectivity index (χ4n) is 2.51. The third-order valence-electron chi connectivity index (χ3n) is 3.62. The Morgan fingerprint density at radius 3 is 2.82 bits per heavy atom. The van der Waals surface area contributed by atoms with Crippen molar-refractivity contribution in [3.05, 3.63) is 53.2 Å². The van der Waals surface area contributed by atoms with Crippen molar-refractivity contribution in [3.63, 3.8) is 0 Å². The second-order valence-electron chi connectivity index (χ2n) is 5.20. The number of halogens is 1. The maximum absolute atomic E-state index is 13.0. The predicted octanol–water partition coefficient (Wildman–Crippen LogP) is 2.65. The Bertz CT molecular complexity index is 809. The highest BCUT2D eigenvalue weighted by Crippen LogP contribution is 2.28. The molecule has 0 amide bonds. The molecule has 0 fully saturated rings. The highest BCUT2D eigenvalue weighted by atomic mass is 19.1. The standard InChI is InChI=1S/C15H13FN4O2/c1-9-17-15(22-19-9)13-6-12-8-21-14(7-20(12)18-13)10-2-4-11(16)5-3-10/h2-6,14H,7-8H2,1H3. The quantitative estimate of drug-likeness (QED) is 0.728. The smallest absolute Gasteiger partial charge is 0.278 e. The van der Waals surface area contributed by atoms with Crippen LogP contribution in [-0.2, 0) is 17.9 Å². The van der Waals surface area contributed by atoms with E-state index in [9.17, 15) is 4.39 Å². The molecule has 7 heteroatoms. The van der Waals surface area contributed by atoms with Crippen LogP contribution in [0.5, 0.6) is 0 Å². The zero-order chi connectivity index (χ0) is 15.1. The van der Waals surface area contributed by atoms with Crippen LogP contribution in [0.2, 0.25) is 0 Å². The summed E-state index contributed by atoms with van der Waals surface area (Å²) < 4.78 is 25.8. The van der Waals surface area contributed by atoms with E-state index in [4.69, 9.17) is 9.26 Å². The molecule has 1 aliphatic rings. The van der Waals surface area contributed by atoms with Crippen molar-refractivity contribution in [1.82, 2.24) is 19.9 Å². The summed E-state index contributed by atoms with van der Waals surface area (Å²) in [6.07, 6.45) is -0.148. The summed E-state index contributed by atoms with van der Waals surface area (Å²) in [5.74, 6) is 0.715. The summed E-state index contributed by atoms with van der Waals surface area (Å²) in [6, 6.07) is 8.22. The lowest BCUT2D eigenvalue weighted by Crippen LogP contribution is -2.21. The SMILES string of the molecule is Cc1noc(-c2cc3n(n2)CC(c2ccc(F)cc2)OC3)n1. The van der Waals surface area contributed by atoms with Crippen LogP contribution in [0.4, 0.5) is 4.39 Å². The molecule has 22 heavy (non-hydrogen) atoms. The van der Waals surface area contributed by atoms with Crippen molar-refractivity contribution in [1.29, 1.82) is 0 Å². The Labute approximate surface area is 125 Å².